The van der Waals surface area contributed by atoms with E-state index in [1.807, 2.05) is 67.6 Å². The van der Waals surface area contributed by atoms with Gasteiger partial charge in [0.2, 0.25) is 0 Å². The fourth-order valence-electron chi connectivity index (χ4n) is 3.16. The quantitative estimate of drug-likeness (QED) is 0.511. The van der Waals surface area contributed by atoms with Crippen molar-refractivity contribution in [1.82, 2.24) is 10.6 Å². The van der Waals surface area contributed by atoms with Crippen LogP contribution in [0.5, 0.6) is 0 Å². The Morgan fingerprint density at radius 2 is 1.47 bits per heavy atom. The van der Waals surface area contributed by atoms with Crippen molar-refractivity contribution in [2.75, 3.05) is 6.61 Å². The molecule has 0 saturated carbocycles. The Hall–Kier alpha value is -3.93. The first-order valence-electron chi connectivity index (χ1n) is 10.4. The predicted molar refractivity (Wildman–Crippen MR) is 122 cm³/mol. The third kappa shape index (κ3) is 6.80. The van der Waals surface area contributed by atoms with Gasteiger partial charge in [0.15, 0.2) is 6.61 Å². The van der Waals surface area contributed by atoms with Gasteiger partial charge in [0.1, 0.15) is 6.04 Å². The highest BCUT2D eigenvalue weighted by atomic mass is 16.5. The van der Waals surface area contributed by atoms with Crippen molar-refractivity contribution in [3.63, 3.8) is 0 Å². The number of benzene rings is 3. The summed E-state index contributed by atoms with van der Waals surface area (Å²) in [4.78, 5) is 37.5. The van der Waals surface area contributed by atoms with Gasteiger partial charge >= 0.3 is 5.97 Å². The number of hydrogen-bond acceptors (Lipinski definition) is 4. The molecular formula is C26H26N2O4. The lowest BCUT2D eigenvalue weighted by atomic mass is 10.1. The zero-order valence-electron chi connectivity index (χ0n) is 17.9. The maximum Gasteiger partial charge on any atom is 0.329 e. The summed E-state index contributed by atoms with van der Waals surface area (Å²) in [5, 5.41) is 5.47. The van der Waals surface area contributed by atoms with E-state index in [2.05, 4.69) is 10.6 Å². The fourth-order valence-corrected chi connectivity index (χ4v) is 3.16. The minimum absolute atomic E-state index is 0.253. The lowest BCUT2D eigenvalue weighted by molar-refractivity contribution is -0.150. The maximum absolute atomic E-state index is 12.7. The predicted octanol–water partition coefficient (Wildman–Crippen LogP) is 3.20. The zero-order valence-corrected chi connectivity index (χ0v) is 17.9. The van der Waals surface area contributed by atoms with Gasteiger partial charge < -0.3 is 15.4 Å². The number of ether oxygens (including phenoxy) is 1. The Morgan fingerprint density at radius 1 is 0.844 bits per heavy atom. The third-order valence-corrected chi connectivity index (χ3v) is 4.99. The lowest BCUT2D eigenvalue weighted by Gasteiger charge is -2.18. The molecule has 0 aliphatic rings. The SMILES string of the molecule is Cc1ccccc1CNC(=O)COC(=O)C(Cc1ccccc1)NC(=O)c1ccccc1. The van der Waals surface area contributed by atoms with Gasteiger partial charge in [-0.15, -0.1) is 0 Å². The van der Waals surface area contributed by atoms with Crippen molar-refractivity contribution in [3.8, 4) is 0 Å². The van der Waals surface area contributed by atoms with E-state index in [1.54, 1.807) is 24.3 Å². The number of amides is 2. The Bertz CT molecular complexity index is 1050. The minimum Gasteiger partial charge on any atom is -0.454 e. The first-order chi connectivity index (χ1) is 15.5. The number of hydrogen-bond donors (Lipinski definition) is 2. The summed E-state index contributed by atoms with van der Waals surface area (Å²) in [5.74, 6) is -1.45. The molecule has 3 aromatic carbocycles. The van der Waals surface area contributed by atoms with Crippen molar-refractivity contribution >= 4 is 17.8 Å². The van der Waals surface area contributed by atoms with Crippen LogP contribution in [0, 0.1) is 6.92 Å². The van der Waals surface area contributed by atoms with Crippen LogP contribution in [0.4, 0.5) is 0 Å². The van der Waals surface area contributed by atoms with E-state index in [4.69, 9.17) is 4.74 Å². The van der Waals surface area contributed by atoms with Crippen molar-refractivity contribution in [2.24, 2.45) is 0 Å². The van der Waals surface area contributed by atoms with Crippen LogP contribution in [0.3, 0.4) is 0 Å². The number of esters is 1. The summed E-state index contributed by atoms with van der Waals surface area (Å²) in [6.45, 7) is 1.89. The molecule has 3 rings (SSSR count). The summed E-state index contributed by atoms with van der Waals surface area (Å²) in [6, 6.07) is 24.8. The molecule has 1 unspecified atom stereocenters. The van der Waals surface area contributed by atoms with E-state index < -0.39 is 24.5 Å². The molecule has 6 nitrogen and oxygen atoms in total. The highest BCUT2D eigenvalue weighted by Crippen LogP contribution is 2.08. The van der Waals surface area contributed by atoms with Crippen LogP contribution in [0.1, 0.15) is 27.0 Å². The second kappa shape index (κ2) is 11.5. The Morgan fingerprint density at radius 3 is 2.16 bits per heavy atom. The first kappa shape index (κ1) is 22.7. The average Bonchev–Trinajstić information content (AvgIpc) is 2.82. The summed E-state index contributed by atoms with van der Waals surface area (Å²) in [6.07, 6.45) is 0.253. The van der Waals surface area contributed by atoms with Gasteiger partial charge in [-0.3, -0.25) is 9.59 Å². The smallest absolute Gasteiger partial charge is 0.329 e. The Labute approximate surface area is 187 Å². The fraction of sp³-hybridized carbons (Fsp3) is 0.192. The van der Waals surface area contributed by atoms with E-state index in [0.717, 1.165) is 16.7 Å². The molecule has 164 valence electrons. The Balaban J connectivity index is 1.59. The standard InChI is InChI=1S/C26H26N2O4/c1-19-10-8-9-15-22(19)17-27-24(29)18-32-26(31)23(16-20-11-4-2-5-12-20)28-25(30)21-13-6-3-7-14-21/h2-15,23H,16-18H2,1H3,(H,27,29)(H,28,30). The molecule has 0 fully saturated rings. The van der Waals surface area contributed by atoms with Crippen LogP contribution in [0.25, 0.3) is 0 Å². The highest BCUT2D eigenvalue weighted by molar-refractivity contribution is 5.97. The molecule has 32 heavy (non-hydrogen) atoms. The molecule has 0 aliphatic carbocycles. The van der Waals surface area contributed by atoms with E-state index in [0.29, 0.717) is 12.1 Å². The van der Waals surface area contributed by atoms with Crippen LogP contribution >= 0.6 is 0 Å². The van der Waals surface area contributed by atoms with Crippen molar-refractivity contribution in [1.29, 1.82) is 0 Å². The molecule has 6 heteroatoms. The van der Waals surface area contributed by atoms with Gasteiger partial charge in [-0.2, -0.15) is 0 Å². The summed E-state index contributed by atoms with van der Waals surface area (Å²) >= 11 is 0. The van der Waals surface area contributed by atoms with E-state index >= 15 is 0 Å². The number of carbonyl (C=O) groups is 3. The molecule has 3 aromatic rings. The molecule has 0 aromatic heterocycles. The maximum atomic E-state index is 12.7. The molecule has 0 radical (unpaired) electrons. The Kier molecular flexibility index (Phi) is 8.15. The van der Waals surface area contributed by atoms with Gasteiger partial charge in [-0.25, -0.2) is 4.79 Å². The second-order valence-corrected chi connectivity index (χ2v) is 7.39. The average molecular weight is 431 g/mol. The molecule has 1 atom stereocenters. The summed E-state index contributed by atoms with van der Waals surface area (Å²) in [5.41, 5.74) is 3.36. The van der Waals surface area contributed by atoms with Gasteiger partial charge in [0.25, 0.3) is 11.8 Å². The first-order valence-corrected chi connectivity index (χ1v) is 10.4. The third-order valence-electron chi connectivity index (χ3n) is 4.99. The molecular weight excluding hydrogens is 404 g/mol. The van der Waals surface area contributed by atoms with Crippen molar-refractivity contribution in [3.05, 3.63) is 107 Å². The molecule has 0 heterocycles. The van der Waals surface area contributed by atoms with E-state index in [9.17, 15) is 14.4 Å². The molecule has 2 N–H and O–H groups in total. The molecule has 0 bridgehead atoms. The summed E-state index contributed by atoms with van der Waals surface area (Å²) < 4.78 is 5.23. The van der Waals surface area contributed by atoms with Crippen LogP contribution in [-0.4, -0.2) is 30.4 Å². The van der Waals surface area contributed by atoms with Crippen LogP contribution in [-0.2, 0) is 27.3 Å². The highest BCUT2D eigenvalue weighted by Gasteiger charge is 2.24. The normalized spacial score (nSPS) is 11.3. The molecule has 0 saturated heterocycles. The van der Waals surface area contributed by atoms with Gasteiger partial charge in [0, 0.05) is 18.5 Å². The van der Waals surface area contributed by atoms with Crippen molar-refractivity contribution in [2.45, 2.75) is 25.9 Å². The molecule has 0 aliphatic heterocycles. The van der Waals surface area contributed by atoms with Gasteiger partial charge in [-0.05, 0) is 35.7 Å². The van der Waals surface area contributed by atoms with Crippen LogP contribution in [0.15, 0.2) is 84.9 Å². The van der Waals surface area contributed by atoms with Gasteiger partial charge in [-0.1, -0.05) is 72.8 Å². The van der Waals surface area contributed by atoms with Gasteiger partial charge in [0.05, 0.1) is 0 Å². The topological polar surface area (TPSA) is 84.5 Å². The number of rotatable bonds is 9. The minimum atomic E-state index is -0.922. The second-order valence-electron chi connectivity index (χ2n) is 7.39. The van der Waals surface area contributed by atoms with E-state index in [1.165, 1.54) is 0 Å². The molecule has 0 spiro atoms. The largest absolute Gasteiger partial charge is 0.454 e. The van der Waals surface area contributed by atoms with E-state index in [-0.39, 0.29) is 12.3 Å². The van der Waals surface area contributed by atoms with Crippen LogP contribution in [0.2, 0.25) is 0 Å². The monoisotopic (exact) mass is 430 g/mol. The number of nitrogens with one attached hydrogen (secondary N) is 2. The van der Waals surface area contributed by atoms with Crippen molar-refractivity contribution < 1.29 is 19.1 Å². The zero-order chi connectivity index (χ0) is 22.8. The molecule has 2 amide bonds. The number of aryl methyl sites for hydroxylation is 1. The van der Waals surface area contributed by atoms with Crippen LogP contribution < -0.4 is 10.6 Å². The number of carbonyl (C=O) groups excluding carboxylic acids is 3. The lowest BCUT2D eigenvalue weighted by Crippen LogP contribution is -2.44. The summed E-state index contributed by atoms with van der Waals surface area (Å²) in [7, 11) is 0.